The average molecular weight is 356 g/mol. The van der Waals surface area contributed by atoms with Gasteiger partial charge in [0, 0.05) is 11.3 Å². The molecule has 1 aromatic carbocycles. The Morgan fingerprint density at radius 1 is 1.23 bits per heavy atom. The van der Waals surface area contributed by atoms with E-state index in [2.05, 4.69) is 39.2 Å². The van der Waals surface area contributed by atoms with Crippen LogP contribution in [0.15, 0.2) is 24.3 Å². The van der Waals surface area contributed by atoms with Crippen molar-refractivity contribution in [1.82, 2.24) is 20.1 Å². The quantitative estimate of drug-likeness (QED) is 0.738. The van der Waals surface area contributed by atoms with Crippen LogP contribution in [0.1, 0.15) is 38.9 Å². The van der Waals surface area contributed by atoms with Gasteiger partial charge in [-0.2, -0.15) is 5.10 Å². The molecule has 1 amide bonds. The number of aromatic amines is 1. The normalized spacial score (nSPS) is 16.6. The summed E-state index contributed by atoms with van der Waals surface area (Å²) in [5.41, 5.74) is 7.22. The van der Waals surface area contributed by atoms with E-state index in [4.69, 9.17) is 5.73 Å². The number of hydrogen-bond acceptors (Lipinski definition) is 5. The third-order valence-corrected chi connectivity index (χ3v) is 4.82. The van der Waals surface area contributed by atoms with Crippen LogP contribution in [0, 0.1) is 5.92 Å². The number of nitrogens with two attached hydrogens (primary N) is 1. The van der Waals surface area contributed by atoms with Gasteiger partial charge >= 0.3 is 0 Å². The number of nitrogens with one attached hydrogen (secondary N) is 2. The van der Waals surface area contributed by atoms with Gasteiger partial charge in [0.15, 0.2) is 5.82 Å². The molecule has 0 spiro atoms. The van der Waals surface area contributed by atoms with Crippen molar-refractivity contribution in [3.05, 3.63) is 30.1 Å². The number of carbonyl (C=O) groups is 1. The number of benzene rings is 1. The van der Waals surface area contributed by atoms with Crippen LogP contribution in [-0.2, 0) is 11.3 Å². The first kappa shape index (κ1) is 18.5. The van der Waals surface area contributed by atoms with E-state index in [1.165, 1.54) is 19.3 Å². The zero-order valence-corrected chi connectivity index (χ0v) is 15.5. The lowest BCUT2D eigenvalue weighted by Crippen LogP contribution is -2.49. The van der Waals surface area contributed by atoms with Gasteiger partial charge in [-0.05, 0) is 56.1 Å². The van der Waals surface area contributed by atoms with Gasteiger partial charge in [-0.1, -0.05) is 20.3 Å². The molecular weight excluding hydrogens is 328 g/mol. The van der Waals surface area contributed by atoms with Gasteiger partial charge < -0.3 is 11.1 Å². The average Bonchev–Trinajstić information content (AvgIpc) is 3.12. The molecule has 1 unspecified atom stereocenters. The van der Waals surface area contributed by atoms with E-state index < -0.39 is 0 Å². The van der Waals surface area contributed by atoms with Gasteiger partial charge in [0.2, 0.25) is 5.91 Å². The highest BCUT2D eigenvalue weighted by Gasteiger charge is 2.29. The zero-order valence-electron chi connectivity index (χ0n) is 15.5. The summed E-state index contributed by atoms with van der Waals surface area (Å²) in [6.45, 7) is 6.56. The molecule has 7 heteroatoms. The fraction of sp³-hybridized carbons (Fsp3) is 0.526. The van der Waals surface area contributed by atoms with Crippen molar-refractivity contribution < 1.29 is 4.79 Å². The van der Waals surface area contributed by atoms with Crippen molar-refractivity contribution in [1.29, 1.82) is 0 Å². The fourth-order valence-electron chi connectivity index (χ4n) is 3.52. The third-order valence-electron chi connectivity index (χ3n) is 4.82. The standard InChI is InChI=1S/C19H28N6O/c1-13(2)17(25-10-4-3-5-11-25)19(26)21-15-8-6-14(7-9-15)18-22-16(12-20)23-24-18/h6-9,13,17H,3-5,10-12,20H2,1-2H3,(H,21,26)(H,22,23,24). The summed E-state index contributed by atoms with van der Waals surface area (Å²) in [5.74, 6) is 1.60. The number of piperidine rings is 1. The number of amides is 1. The number of hydrogen-bond donors (Lipinski definition) is 3. The fourth-order valence-corrected chi connectivity index (χ4v) is 3.52. The minimum absolute atomic E-state index is 0.0676. The number of nitrogens with zero attached hydrogens (tertiary/aromatic N) is 3. The molecule has 2 aromatic rings. The van der Waals surface area contributed by atoms with Crippen molar-refractivity contribution in [3.63, 3.8) is 0 Å². The first-order valence-electron chi connectivity index (χ1n) is 9.35. The lowest BCUT2D eigenvalue weighted by atomic mass is 9.98. The molecule has 1 saturated heterocycles. The lowest BCUT2D eigenvalue weighted by molar-refractivity contribution is -0.123. The first-order valence-corrected chi connectivity index (χ1v) is 9.35. The highest BCUT2D eigenvalue weighted by atomic mass is 16.2. The van der Waals surface area contributed by atoms with Crippen molar-refractivity contribution in [2.45, 2.75) is 45.7 Å². The molecule has 7 nitrogen and oxygen atoms in total. The third kappa shape index (κ3) is 4.28. The summed E-state index contributed by atoms with van der Waals surface area (Å²) in [6.07, 6.45) is 3.61. The Bertz CT molecular complexity index is 718. The van der Waals surface area contributed by atoms with Gasteiger partial charge in [-0.15, -0.1) is 0 Å². The number of carbonyl (C=O) groups excluding carboxylic acids is 1. The summed E-state index contributed by atoms with van der Waals surface area (Å²) in [6, 6.07) is 7.50. The van der Waals surface area contributed by atoms with Crippen molar-refractivity contribution in [2.75, 3.05) is 18.4 Å². The summed E-state index contributed by atoms with van der Waals surface area (Å²) < 4.78 is 0. The first-order chi connectivity index (χ1) is 12.6. The molecule has 4 N–H and O–H groups in total. The Kier molecular flexibility index (Phi) is 6.00. The van der Waals surface area contributed by atoms with Crippen LogP contribution < -0.4 is 11.1 Å². The van der Waals surface area contributed by atoms with Crippen molar-refractivity contribution in [2.24, 2.45) is 11.7 Å². The van der Waals surface area contributed by atoms with Crippen LogP contribution in [0.5, 0.6) is 0 Å². The molecule has 0 bridgehead atoms. The van der Waals surface area contributed by atoms with E-state index in [1.807, 2.05) is 24.3 Å². The maximum atomic E-state index is 12.9. The summed E-state index contributed by atoms with van der Waals surface area (Å²) in [4.78, 5) is 19.5. The van der Waals surface area contributed by atoms with Crippen LogP contribution in [0.4, 0.5) is 5.69 Å². The topological polar surface area (TPSA) is 99.9 Å². The van der Waals surface area contributed by atoms with Crippen LogP contribution in [0.25, 0.3) is 11.4 Å². The molecule has 1 atom stereocenters. The Hall–Kier alpha value is -2.25. The Balaban J connectivity index is 1.67. The SMILES string of the molecule is CC(C)C(C(=O)Nc1ccc(-c2n[nH]c(CN)n2)cc1)N1CCCCC1. The summed E-state index contributed by atoms with van der Waals surface area (Å²) in [5, 5.41) is 10.0. The molecule has 1 aliphatic heterocycles. The van der Waals surface area contributed by atoms with E-state index >= 15 is 0 Å². The Morgan fingerprint density at radius 3 is 2.50 bits per heavy atom. The second-order valence-electron chi connectivity index (χ2n) is 7.16. The molecule has 3 rings (SSSR count). The number of likely N-dealkylation sites (tertiary alicyclic amines) is 1. The summed E-state index contributed by atoms with van der Waals surface area (Å²) in [7, 11) is 0. The number of aromatic nitrogens is 3. The van der Waals surface area contributed by atoms with E-state index in [1.54, 1.807) is 0 Å². The van der Waals surface area contributed by atoms with Gasteiger partial charge in [0.05, 0.1) is 12.6 Å². The van der Waals surface area contributed by atoms with Gasteiger partial charge in [0.25, 0.3) is 0 Å². The predicted molar refractivity (Wildman–Crippen MR) is 102 cm³/mol. The van der Waals surface area contributed by atoms with E-state index in [0.29, 0.717) is 18.2 Å². The second-order valence-corrected chi connectivity index (χ2v) is 7.16. The lowest BCUT2D eigenvalue weighted by Gasteiger charge is -2.35. The van der Waals surface area contributed by atoms with Crippen LogP contribution in [0.3, 0.4) is 0 Å². The van der Waals surface area contributed by atoms with Crippen LogP contribution in [-0.4, -0.2) is 45.1 Å². The van der Waals surface area contributed by atoms with Crippen molar-refractivity contribution in [3.8, 4) is 11.4 Å². The second kappa shape index (κ2) is 8.42. The van der Waals surface area contributed by atoms with Gasteiger partial charge in [-0.3, -0.25) is 14.8 Å². The van der Waals surface area contributed by atoms with Crippen LogP contribution >= 0.6 is 0 Å². The minimum Gasteiger partial charge on any atom is -0.325 e. The Morgan fingerprint density at radius 2 is 1.92 bits per heavy atom. The maximum Gasteiger partial charge on any atom is 0.241 e. The molecule has 1 aliphatic rings. The summed E-state index contributed by atoms with van der Waals surface area (Å²) >= 11 is 0. The smallest absolute Gasteiger partial charge is 0.241 e. The molecule has 140 valence electrons. The molecule has 1 fully saturated rings. The van der Waals surface area contributed by atoms with Crippen molar-refractivity contribution >= 4 is 11.6 Å². The molecular formula is C19H28N6O. The predicted octanol–water partition coefficient (Wildman–Crippen LogP) is 2.38. The maximum absolute atomic E-state index is 12.9. The number of anilines is 1. The minimum atomic E-state index is -0.0879. The molecule has 0 aliphatic carbocycles. The van der Waals surface area contributed by atoms with E-state index in [0.717, 1.165) is 24.3 Å². The number of H-pyrrole nitrogens is 1. The molecule has 26 heavy (non-hydrogen) atoms. The highest BCUT2D eigenvalue weighted by Crippen LogP contribution is 2.21. The molecule has 0 saturated carbocycles. The molecule has 1 aromatic heterocycles. The zero-order chi connectivity index (χ0) is 18.5. The largest absolute Gasteiger partial charge is 0.325 e. The van der Waals surface area contributed by atoms with Gasteiger partial charge in [0.1, 0.15) is 5.82 Å². The van der Waals surface area contributed by atoms with E-state index in [9.17, 15) is 4.79 Å². The number of rotatable bonds is 6. The molecule has 0 radical (unpaired) electrons. The molecule has 2 heterocycles. The Labute approximate surface area is 154 Å². The monoisotopic (exact) mass is 356 g/mol. The van der Waals surface area contributed by atoms with Crippen LogP contribution in [0.2, 0.25) is 0 Å². The van der Waals surface area contributed by atoms with E-state index in [-0.39, 0.29) is 17.9 Å². The van der Waals surface area contributed by atoms with Gasteiger partial charge in [-0.25, -0.2) is 4.98 Å². The highest BCUT2D eigenvalue weighted by molar-refractivity contribution is 5.95.